The standard InChI is InChI=1S/C17H17NO6S2/c1-3-13-9-12(2)17(26(22,23)24)10-14(13)7-8-18-15-5-4-6-16(11-15)25(19,20)21/h3-11,18H,1H2,2H3,(H,19,20,21)(H,22,23,24)/b8-7-. The first-order valence-corrected chi connectivity index (χ1v) is 10.2. The molecule has 0 aliphatic rings. The van der Waals surface area contributed by atoms with E-state index in [-0.39, 0.29) is 9.79 Å². The minimum atomic E-state index is -4.36. The van der Waals surface area contributed by atoms with Crippen LogP contribution in [-0.2, 0) is 20.2 Å². The fourth-order valence-corrected chi connectivity index (χ4v) is 3.57. The van der Waals surface area contributed by atoms with Crippen molar-refractivity contribution in [3.05, 3.63) is 65.9 Å². The first-order chi connectivity index (χ1) is 12.0. The molecular formula is C17H17NO6S2. The van der Waals surface area contributed by atoms with Crippen LogP contribution in [0.25, 0.3) is 12.2 Å². The molecule has 0 fully saturated rings. The maximum Gasteiger partial charge on any atom is 0.294 e. The van der Waals surface area contributed by atoms with Crippen LogP contribution in [0.4, 0.5) is 5.69 Å². The van der Waals surface area contributed by atoms with E-state index in [0.29, 0.717) is 22.4 Å². The summed E-state index contributed by atoms with van der Waals surface area (Å²) in [6.45, 7) is 5.23. The Hall–Kier alpha value is -2.46. The van der Waals surface area contributed by atoms with Gasteiger partial charge in [0, 0.05) is 11.9 Å². The molecule has 0 unspecified atom stereocenters. The topological polar surface area (TPSA) is 121 Å². The number of hydrogen-bond acceptors (Lipinski definition) is 5. The minimum Gasteiger partial charge on any atom is -0.362 e. The van der Waals surface area contributed by atoms with Crippen molar-refractivity contribution in [3.63, 3.8) is 0 Å². The molecule has 0 amide bonds. The van der Waals surface area contributed by atoms with Gasteiger partial charge in [0.15, 0.2) is 0 Å². The Morgan fingerprint density at radius 2 is 1.69 bits per heavy atom. The second-order valence-electron chi connectivity index (χ2n) is 5.41. The second-order valence-corrected chi connectivity index (χ2v) is 8.22. The Morgan fingerprint density at radius 1 is 1.00 bits per heavy atom. The molecule has 0 aliphatic heterocycles. The third kappa shape index (κ3) is 4.79. The molecule has 3 N–H and O–H groups in total. The van der Waals surface area contributed by atoms with Crippen LogP contribution in [0.1, 0.15) is 16.7 Å². The molecule has 2 aromatic carbocycles. The highest BCUT2D eigenvalue weighted by molar-refractivity contribution is 7.86. The first-order valence-electron chi connectivity index (χ1n) is 7.27. The molecule has 0 atom stereocenters. The second kappa shape index (κ2) is 7.42. The number of benzene rings is 2. The van der Waals surface area contributed by atoms with Crippen LogP contribution in [0, 0.1) is 6.92 Å². The van der Waals surface area contributed by atoms with Crippen LogP contribution in [-0.4, -0.2) is 25.9 Å². The fourth-order valence-electron chi connectivity index (χ4n) is 2.30. The zero-order valence-electron chi connectivity index (χ0n) is 13.7. The van der Waals surface area contributed by atoms with E-state index in [1.807, 2.05) is 0 Å². The number of nitrogens with one attached hydrogen (secondary N) is 1. The molecule has 0 saturated carbocycles. The van der Waals surface area contributed by atoms with Crippen molar-refractivity contribution < 1.29 is 25.9 Å². The lowest BCUT2D eigenvalue weighted by Crippen LogP contribution is -2.02. The van der Waals surface area contributed by atoms with E-state index in [4.69, 9.17) is 4.55 Å². The molecule has 138 valence electrons. The van der Waals surface area contributed by atoms with E-state index in [9.17, 15) is 21.4 Å². The van der Waals surface area contributed by atoms with E-state index in [1.54, 1.807) is 31.2 Å². The van der Waals surface area contributed by atoms with Crippen molar-refractivity contribution in [3.8, 4) is 0 Å². The Balaban J connectivity index is 2.35. The highest BCUT2D eigenvalue weighted by atomic mass is 32.2. The Kier molecular flexibility index (Phi) is 5.67. The summed E-state index contributed by atoms with van der Waals surface area (Å²) in [5.41, 5.74) is 1.92. The summed E-state index contributed by atoms with van der Waals surface area (Å²) in [4.78, 5) is -0.470. The van der Waals surface area contributed by atoms with Gasteiger partial charge < -0.3 is 5.32 Å². The third-order valence-corrected chi connectivity index (χ3v) is 5.37. The Morgan fingerprint density at radius 3 is 2.27 bits per heavy atom. The van der Waals surface area contributed by atoms with Gasteiger partial charge in [-0.1, -0.05) is 24.8 Å². The molecule has 9 heteroatoms. The predicted molar refractivity (Wildman–Crippen MR) is 100.0 cm³/mol. The van der Waals surface area contributed by atoms with Gasteiger partial charge in [-0.2, -0.15) is 16.8 Å². The summed E-state index contributed by atoms with van der Waals surface area (Å²) in [6.07, 6.45) is 4.55. The van der Waals surface area contributed by atoms with Crippen molar-refractivity contribution in [1.82, 2.24) is 0 Å². The fraction of sp³-hybridized carbons (Fsp3) is 0.0588. The van der Waals surface area contributed by atoms with Crippen LogP contribution in [0.2, 0.25) is 0 Å². The maximum absolute atomic E-state index is 11.4. The summed E-state index contributed by atoms with van der Waals surface area (Å²) < 4.78 is 63.5. The number of anilines is 1. The summed E-state index contributed by atoms with van der Waals surface area (Å²) in [5.74, 6) is 0. The zero-order chi connectivity index (χ0) is 19.5. The first kappa shape index (κ1) is 19.9. The van der Waals surface area contributed by atoms with Gasteiger partial charge in [-0.25, -0.2) is 0 Å². The van der Waals surface area contributed by atoms with Crippen LogP contribution in [0.3, 0.4) is 0 Å². The SMILES string of the molecule is C=Cc1cc(C)c(S(=O)(=O)O)cc1/C=C\Nc1cccc(S(=O)(=O)O)c1. The summed E-state index contributed by atoms with van der Waals surface area (Å²) in [5, 5.41) is 2.83. The molecule has 0 aromatic heterocycles. The smallest absolute Gasteiger partial charge is 0.294 e. The van der Waals surface area contributed by atoms with Crippen molar-refractivity contribution in [2.45, 2.75) is 16.7 Å². The molecule has 0 radical (unpaired) electrons. The van der Waals surface area contributed by atoms with Gasteiger partial charge in [0.1, 0.15) is 0 Å². The molecule has 0 heterocycles. The predicted octanol–water partition coefficient (Wildman–Crippen LogP) is 3.21. The Bertz CT molecular complexity index is 1090. The van der Waals surface area contributed by atoms with Crippen LogP contribution < -0.4 is 5.32 Å². The van der Waals surface area contributed by atoms with Gasteiger partial charge in [0.05, 0.1) is 9.79 Å². The molecule has 2 rings (SSSR count). The maximum atomic E-state index is 11.4. The molecule has 0 aliphatic carbocycles. The van der Waals surface area contributed by atoms with Crippen LogP contribution >= 0.6 is 0 Å². The van der Waals surface area contributed by atoms with E-state index in [1.165, 1.54) is 30.5 Å². The van der Waals surface area contributed by atoms with Gasteiger partial charge in [-0.15, -0.1) is 0 Å². The summed E-state index contributed by atoms with van der Waals surface area (Å²) in [6, 6.07) is 8.43. The Labute approximate surface area is 152 Å². The molecular weight excluding hydrogens is 378 g/mol. The van der Waals surface area contributed by atoms with Crippen molar-refractivity contribution in [1.29, 1.82) is 0 Å². The van der Waals surface area contributed by atoms with Crippen molar-refractivity contribution in [2.75, 3.05) is 5.32 Å². The van der Waals surface area contributed by atoms with Gasteiger partial charge in [-0.3, -0.25) is 9.11 Å². The average molecular weight is 395 g/mol. The quantitative estimate of drug-likeness (QED) is 0.642. The van der Waals surface area contributed by atoms with Crippen LogP contribution in [0.5, 0.6) is 0 Å². The summed E-state index contributed by atoms with van der Waals surface area (Å²) in [7, 11) is -8.67. The van der Waals surface area contributed by atoms with Gasteiger partial charge in [0.2, 0.25) is 0 Å². The normalized spacial score (nSPS) is 12.3. The highest BCUT2D eigenvalue weighted by Gasteiger charge is 2.15. The molecule has 0 spiro atoms. The van der Waals surface area contributed by atoms with Crippen LogP contribution in [0.15, 0.2) is 59.0 Å². The number of hydrogen-bond donors (Lipinski definition) is 3. The number of aryl methyl sites for hydroxylation is 1. The van der Waals surface area contributed by atoms with E-state index in [0.717, 1.165) is 0 Å². The molecule has 0 saturated heterocycles. The number of rotatable bonds is 6. The van der Waals surface area contributed by atoms with E-state index >= 15 is 0 Å². The average Bonchev–Trinajstić information content (AvgIpc) is 2.54. The third-order valence-electron chi connectivity index (χ3n) is 3.52. The zero-order valence-corrected chi connectivity index (χ0v) is 15.4. The van der Waals surface area contributed by atoms with Crippen molar-refractivity contribution in [2.24, 2.45) is 0 Å². The monoisotopic (exact) mass is 395 g/mol. The minimum absolute atomic E-state index is 0.212. The molecule has 7 nitrogen and oxygen atoms in total. The molecule has 0 bridgehead atoms. The lowest BCUT2D eigenvalue weighted by Gasteiger charge is -2.08. The van der Waals surface area contributed by atoms with Gasteiger partial charge in [0.25, 0.3) is 20.2 Å². The van der Waals surface area contributed by atoms with Gasteiger partial charge >= 0.3 is 0 Å². The van der Waals surface area contributed by atoms with E-state index < -0.39 is 20.2 Å². The van der Waals surface area contributed by atoms with Gasteiger partial charge in [-0.05, 0) is 54.0 Å². The lowest BCUT2D eigenvalue weighted by molar-refractivity contribution is 0.480. The largest absolute Gasteiger partial charge is 0.362 e. The highest BCUT2D eigenvalue weighted by Crippen LogP contribution is 2.23. The lowest BCUT2D eigenvalue weighted by atomic mass is 10.0. The molecule has 26 heavy (non-hydrogen) atoms. The summed E-state index contributed by atoms with van der Waals surface area (Å²) >= 11 is 0. The van der Waals surface area contributed by atoms with E-state index in [2.05, 4.69) is 11.9 Å². The van der Waals surface area contributed by atoms with Crippen molar-refractivity contribution >= 4 is 38.1 Å². The molecule has 2 aromatic rings.